The second kappa shape index (κ2) is 5.73. The van der Waals surface area contributed by atoms with Gasteiger partial charge in [-0.05, 0) is 45.4 Å². The molecule has 0 fully saturated rings. The fourth-order valence-electron chi connectivity index (χ4n) is 1.42. The van der Waals surface area contributed by atoms with E-state index in [1.165, 1.54) is 0 Å². The molecule has 0 unspecified atom stereocenters. The summed E-state index contributed by atoms with van der Waals surface area (Å²) in [5.74, 6) is -1.46. The maximum atomic E-state index is 11.5. The van der Waals surface area contributed by atoms with Gasteiger partial charge in [-0.15, -0.1) is 0 Å². The Morgan fingerprint density at radius 3 is 2.16 bits per heavy atom. The van der Waals surface area contributed by atoms with Crippen molar-refractivity contribution in [1.82, 2.24) is 0 Å². The van der Waals surface area contributed by atoms with E-state index in [-0.39, 0.29) is 0 Å². The molecule has 1 amide bonds. The van der Waals surface area contributed by atoms with Crippen LogP contribution in [-0.2, 0) is 9.53 Å². The van der Waals surface area contributed by atoms with Gasteiger partial charge in [0.25, 0.3) is 0 Å². The lowest BCUT2D eigenvalue weighted by Crippen LogP contribution is -2.27. The van der Waals surface area contributed by atoms with E-state index in [1.807, 2.05) is 0 Å². The maximum absolute atomic E-state index is 11.5. The molecule has 0 heterocycles. The molecular weight excluding hydrogens is 246 g/mol. The van der Waals surface area contributed by atoms with Crippen molar-refractivity contribution < 1.29 is 19.4 Å². The van der Waals surface area contributed by atoms with Gasteiger partial charge in [-0.1, -0.05) is 12.1 Å². The molecule has 0 aliphatic heterocycles. The minimum absolute atomic E-state index is 0.536. The first-order valence-corrected chi connectivity index (χ1v) is 6.02. The Balaban J connectivity index is 2.67. The van der Waals surface area contributed by atoms with E-state index in [0.717, 1.165) is 0 Å². The Labute approximate surface area is 112 Å². The van der Waals surface area contributed by atoms with E-state index < -0.39 is 23.6 Å². The maximum Gasteiger partial charge on any atom is 0.412 e. The number of carbonyl (C=O) groups excluding carboxylic acids is 1. The summed E-state index contributed by atoms with van der Waals surface area (Å²) >= 11 is 0. The van der Waals surface area contributed by atoms with Crippen molar-refractivity contribution >= 4 is 17.7 Å². The lowest BCUT2D eigenvalue weighted by molar-refractivity contribution is -0.138. The Kier molecular flexibility index (Phi) is 4.53. The van der Waals surface area contributed by atoms with Gasteiger partial charge in [-0.3, -0.25) is 10.1 Å². The largest absolute Gasteiger partial charge is 0.481 e. The first-order chi connectivity index (χ1) is 8.69. The number of ether oxygens (including phenoxy) is 1. The zero-order valence-corrected chi connectivity index (χ0v) is 11.6. The number of aliphatic carboxylic acids is 1. The van der Waals surface area contributed by atoms with Crippen LogP contribution in [-0.4, -0.2) is 22.8 Å². The number of benzene rings is 1. The summed E-state index contributed by atoms with van der Waals surface area (Å²) in [6.07, 6.45) is -0.536. The standard InChI is InChI=1S/C14H19NO4/c1-9(12(16)17)10-5-7-11(8-6-10)15-13(18)19-14(2,3)4/h5-9H,1-4H3,(H,15,18)(H,16,17)/t9-/m0/s1. The molecule has 5 nitrogen and oxygen atoms in total. The lowest BCUT2D eigenvalue weighted by Gasteiger charge is -2.19. The van der Waals surface area contributed by atoms with Crippen molar-refractivity contribution in [3.05, 3.63) is 29.8 Å². The number of rotatable bonds is 3. The van der Waals surface area contributed by atoms with Crippen LogP contribution in [0.15, 0.2) is 24.3 Å². The van der Waals surface area contributed by atoms with Crippen molar-refractivity contribution in [3.63, 3.8) is 0 Å². The Morgan fingerprint density at radius 1 is 1.21 bits per heavy atom. The van der Waals surface area contributed by atoms with Crippen LogP contribution in [0.2, 0.25) is 0 Å². The van der Waals surface area contributed by atoms with Crippen molar-refractivity contribution in [3.8, 4) is 0 Å². The van der Waals surface area contributed by atoms with Gasteiger partial charge in [-0.25, -0.2) is 4.79 Å². The molecule has 0 saturated carbocycles. The van der Waals surface area contributed by atoms with Crippen LogP contribution in [0.5, 0.6) is 0 Å². The van der Waals surface area contributed by atoms with E-state index in [9.17, 15) is 9.59 Å². The van der Waals surface area contributed by atoms with Gasteiger partial charge in [-0.2, -0.15) is 0 Å². The van der Waals surface area contributed by atoms with Gasteiger partial charge in [0.2, 0.25) is 0 Å². The van der Waals surface area contributed by atoms with E-state index in [1.54, 1.807) is 52.0 Å². The van der Waals surface area contributed by atoms with Crippen LogP contribution >= 0.6 is 0 Å². The fraction of sp³-hybridized carbons (Fsp3) is 0.429. The SMILES string of the molecule is C[C@H](C(=O)O)c1ccc(NC(=O)OC(C)(C)C)cc1. The van der Waals surface area contributed by atoms with E-state index >= 15 is 0 Å². The predicted molar refractivity (Wildman–Crippen MR) is 72.3 cm³/mol. The van der Waals surface area contributed by atoms with Gasteiger partial charge in [0.15, 0.2) is 0 Å². The van der Waals surface area contributed by atoms with E-state index in [0.29, 0.717) is 11.3 Å². The summed E-state index contributed by atoms with van der Waals surface area (Å²) in [6.45, 7) is 6.96. The molecule has 1 rings (SSSR count). The number of nitrogens with one attached hydrogen (secondary N) is 1. The second-order valence-electron chi connectivity index (χ2n) is 5.31. The first kappa shape index (κ1) is 15.0. The van der Waals surface area contributed by atoms with Crippen LogP contribution in [0.4, 0.5) is 10.5 Å². The number of amides is 1. The molecule has 0 spiro atoms. The highest BCUT2D eigenvalue weighted by molar-refractivity contribution is 5.85. The van der Waals surface area contributed by atoms with Gasteiger partial charge >= 0.3 is 12.1 Å². The number of anilines is 1. The predicted octanol–water partition coefficient (Wildman–Crippen LogP) is 3.22. The lowest BCUT2D eigenvalue weighted by atomic mass is 10.0. The number of hydrogen-bond acceptors (Lipinski definition) is 3. The summed E-state index contributed by atoms with van der Waals surface area (Å²) in [5.41, 5.74) is 0.694. The molecular formula is C14H19NO4. The normalized spacial score (nSPS) is 12.6. The molecule has 0 aliphatic carbocycles. The second-order valence-corrected chi connectivity index (χ2v) is 5.31. The Bertz CT molecular complexity index is 459. The highest BCUT2D eigenvalue weighted by Gasteiger charge is 2.17. The van der Waals surface area contributed by atoms with Crippen LogP contribution in [0.3, 0.4) is 0 Å². The third kappa shape index (κ3) is 4.99. The molecule has 19 heavy (non-hydrogen) atoms. The molecule has 1 atom stereocenters. The van der Waals surface area contributed by atoms with Gasteiger partial charge in [0.05, 0.1) is 5.92 Å². The van der Waals surface area contributed by atoms with E-state index in [2.05, 4.69) is 5.32 Å². The first-order valence-electron chi connectivity index (χ1n) is 6.02. The smallest absolute Gasteiger partial charge is 0.412 e. The number of hydrogen-bond donors (Lipinski definition) is 2. The molecule has 5 heteroatoms. The van der Waals surface area contributed by atoms with Crippen LogP contribution < -0.4 is 5.32 Å². The summed E-state index contributed by atoms with van der Waals surface area (Å²) < 4.78 is 5.11. The summed E-state index contributed by atoms with van der Waals surface area (Å²) in [6, 6.07) is 6.65. The van der Waals surface area contributed by atoms with Crippen molar-refractivity contribution in [2.45, 2.75) is 39.2 Å². The molecule has 1 aromatic rings. The zero-order chi connectivity index (χ0) is 14.6. The molecule has 104 valence electrons. The third-order valence-electron chi connectivity index (χ3n) is 2.43. The minimum Gasteiger partial charge on any atom is -0.481 e. The average Bonchev–Trinajstić information content (AvgIpc) is 2.26. The Morgan fingerprint density at radius 2 is 1.74 bits per heavy atom. The highest BCUT2D eigenvalue weighted by atomic mass is 16.6. The molecule has 0 aromatic heterocycles. The molecule has 2 N–H and O–H groups in total. The summed E-state index contributed by atoms with van der Waals surface area (Å²) in [5, 5.41) is 11.5. The van der Waals surface area contributed by atoms with Crippen LogP contribution in [0.25, 0.3) is 0 Å². The van der Waals surface area contributed by atoms with Crippen molar-refractivity contribution in [2.24, 2.45) is 0 Å². The average molecular weight is 265 g/mol. The highest BCUT2D eigenvalue weighted by Crippen LogP contribution is 2.18. The Hall–Kier alpha value is -2.04. The number of carbonyl (C=O) groups is 2. The van der Waals surface area contributed by atoms with Gasteiger partial charge < -0.3 is 9.84 Å². The van der Waals surface area contributed by atoms with Gasteiger partial charge in [0, 0.05) is 5.69 Å². The number of carboxylic acid groups (broad SMARTS) is 1. The quantitative estimate of drug-likeness (QED) is 0.879. The van der Waals surface area contributed by atoms with Gasteiger partial charge in [0.1, 0.15) is 5.60 Å². The molecule has 0 bridgehead atoms. The van der Waals surface area contributed by atoms with Crippen LogP contribution in [0, 0.1) is 0 Å². The zero-order valence-electron chi connectivity index (χ0n) is 11.6. The minimum atomic E-state index is -0.882. The molecule has 1 aromatic carbocycles. The fourth-order valence-corrected chi connectivity index (χ4v) is 1.42. The summed E-state index contributed by atoms with van der Waals surface area (Å²) in [4.78, 5) is 22.4. The molecule has 0 saturated heterocycles. The monoisotopic (exact) mass is 265 g/mol. The van der Waals surface area contributed by atoms with E-state index in [4.69, 9.17) is 9.84 Å². The summed E-state index contributed by atoms with van der Waals surface area (Å²) in [7, 11) is 0. The topological polar surface area (TPSA) is 75.6 Å². The number of carboxylic acids is 1. The molecule has 0 radical (unpaired) electrons. The van der Waals surface area contributed by atoms with Crippen molar-refractivity contribution in [2.75, 3.05) is 5.32 Å². The van der Waals surface area contributed by atoms with Crippen molar-refractivity contribution in [1.29, 1.82) is 0 Å². The molecule has 0 aliphatic rings. The third-order valence-corrected chi connectivity index (χ3v) is 2.43. The van der Waals surface area contributed by atoms with Crippen LogP contribution in [0.1, 0.15) is 39.2 Å².